The van der Waals surface area contributed by atoms with Crippen molar-refractivity contribution in [2.45, 2.75) is 26.6 Å². The van der Waals surface area contributed by atoms with Crippen molar-refractivity contribution in [1.29, 1.82) is 0 Å². The summed E-state index contributed by atoms with van der Waals surface area (Å²) in [6, 6.07) is 5.28. The van der Waals surface area contributed by atoms with Gasteiger partial charge in [0.25, 0.3) is 5.79 Å². The van der Waals surface area contributed by atoms with E-state index in [9.17, 15) is 9.59 Å². The van der Waals surface area contributed by atoms with Crippen LogP contribution < -0.4 is 0 Å². The fourth-order valence-electron chi connectivity index (χ4n) is 1.60. The van der Waals surface area contributed by atoms with E-state index in [1.807, 2.05) is 13.0 Å². The lowest BCUT2D eigenvalue weighted by Gasteiger charge is -2.31. The molecule has 0 bridgehead atoms. The minimum Gasteiger partial charge on any atom is -0.422 e. The fraction of sp³-hybridized carbons (Fsp3) is 0.385. The van der Waals surface area contributed by atoms with Crippen molar-refractivity contribution in [3.63, 3.8) is 0 Å². The number of ether oxygens (including phenoxy) is 2. The normalized spacial score (nSPS) is 19.3. The second-order valence-electron chi connectivity index (χ2n) is 4.64. The van der Waals surface area contributed by atoms with Gasteiger partial charge in [0, 0.05) is 25.8 Å². The number of pyridine rings is 1. The number of aliphatic imine (C=N–C) groups is 1. The molecule has 1 fully saturated rings. The van der Waals surface area contributed by atoms with Crippen LogP contribution in [0, 0.1) is 12.8 Å². The Balaban J connectivity index is 2.15. The molecule has 6 nitrogen and oxygen atoms in total. The summed E-state index contributed by atoms with van der Waals surface area (Å²) >= 11 is 0. The zero-order valence-electron chi connectivity index (χ0n) is 10.9. The maximum atomic E-state index is 11.7. The number of carbonyl (C=O) groups excluding carboxylic acids is 2. The topological polar surface area (TPSA) is 77.9 Å². The zero-order valence-corrected chi connectivity index (χ0v) is 10.9. The lowest BCUT2D eigenvalue weighted by molar-refractivity contribution is -0.235. The molecule has 2 rings (SSSR count). The Hall–Kier alpha value is -2.24. The average molecular weight is 262 g/mol. The number of esters is 2. The second kappa shape index (κ2) is 4.79. The SMILES string of the molecule is Cc1cccc(N=CC2C(=O)OC(C)(C)OC2=O)n1. The van der Waals surface area contributed by atoms with Crippen LogP contribution in [0.5, 0.6) is 0 Å². The first kappa shape index (κ1) is 13.2. The number of carbonyl (C=O) groups is 2. The van der Waals surface area contributed by atoms with Gasteiger partial charge in [-0.1, -0.05) is 6.07 Å². The van der Waals surface area contributed by atoms with E-state index in [0.29, 0.717) is 5.82 Å². The van der Waals surface area contributed by atoms with Crippen LogP contribution in [0.2, 0.25) is 0 Å². The summed E-state index contributed by atoms with van der Waals surface area (Å²) < 4.78 is 9.95. The van der Waals surface area contributed by atoms with Gasteiger partial charge in [0.15, 0.2) is 11.7 Å². The summed E-state index contributed by atoms with van der Waals surface area (Å²) in [7, 11) is 0. The third-order valence-electron chi connectivity index (χ3n) is 2.43. The van der Waals surface area contributed by atoms with E-state index in [0.717, 1.165) is 5.69 Å². The molecule has 0 N–H and O–H groups in total. The Morgan fingerprint density at radius 1 is 1.26 bits per heavy atom. The molecular formula is C13H14N2O4. The van der Waals surface area contributed by atoms with Crippen molar-refractivity contribution in [2.75, 3.05) is 0 Å². The highest BCUT2D eigenvalue weighted by molar-refractivity contribution is 6.10. The molecule has 19 heavy (non-hydrogen) atoms. The average Bonchev–Trinajstić information content (AvgIpc) is 2.26. The molecule has 0 radical (unpaired) electrons. The van der Waals surface area contributed by atoms with Gasteiger partial charge in [0.2, 0.25) is 0 Å². The summed E-state index contributed by atoms with van der Waals surface area (Å²) in [5.74, 6) is -3.28. The summed E-state index contributed by atoms with van der Waals surface area (Å²) in [6.07, 6.45) is 1.20. The maximum Gasteiger partial charge on any atom is 0.329 e. The smallest absolute Gasteiger partial charge is 0.329 e. The number of rotatable bonds is 2. The van der Waals surface area contributed by atoms with Crippen molar-refractivity contribution < 1.29 is 19.1 Å². The van der Waals surface area contributed by atoms with Gasteiger partial charge in [0.05, 0.1) is 0 Å². The highest BCUT2D eigenvalue weighted by Crippen LogP contribution is 2.22. The van der Waals surface area contributed by atoms with Gasteiger partial charge in [-0.3, -0.25) is 9.59 Å². The lowest BCUT2D eigenvalue weighted by Crippen LogP contribution is -2.46. The highest BCUT2D eigenvalue weighted by atomic mass is 16.7. The molecule has 6 heteroatoms. The van der Waals surface area contributed by atoms with Crippen LogP contribution in [0.25, 0.3) is 0 Å². The first-order valence-electron chi connectivity index (χ1n) is 5.81. The summed E-state index contributed by atoms with van der Waals surface area (Å²) in [6.45, 7) is 4.82. The minimum atomic E-state index is -1.22. The van der Waals surface area contributed by atoms with Gasteiger partial charge in [-0.2, -0.15) is 0 Å². The van der Waals surface area contributed by atoms with Crippen LogP contribution in [-0.4, -0.2) is 28.9 Å². The number of nitrogens with zero attached hydrogens (tertiary/aromatic N) is 2. The molecule has 0 atom stereocenters. The number of hydrogen-bond donors (Lipinski definition) is 0. The van der Waals surface area contributed by atoms with Crippen LogP contribution in [0.4, 0.5) is 5.82 Å². The molecule has 100 valence electrons. The molecule has 1 aliphatic heterocycles. The quantitative estimate of drug-likeness (QED) is 0.459. The van der Waals surface area contributed by atoms with Gasteiger partial charge < -0.3 is 9.47 Å². The molecule has 0 aromatic carbocycles. The van der Waals surface area contributed by atoms with Crippen LogP contribution >= 0.6 is 0 Å². The number of aryl methyl sites for hydroxylation is 1. The standard InChI is InChI=1S/C13H14N2O4/c1-8-5-4-6-10(15-8)14-7-9-11(16)18-13(2,3)19-12(9)17/h4-7,9H,1-3H3. The molecule has 1 aromatic heterocycles. The highest BCUT2D eigenvalue weighted by Gasteiger charge is 2.42. The lowest BCUT2D eigenvalue weighted by atomic mass is 10.1. The van der Waals surface area contributed by atoms with Crippen LogP contribution in [0.15, 0.2) is 23.2 Å². The van der Waals surface area contributed by atoms with E-state index >= 15 is 0 Å². The summed E-state index contributed by atoms with van der Waals surface area (Å²) in [5.41, 5.74) is 0.796. The zero-order chi connectivity index (χ0) is 14.0. The molecule has 0 saturated carbocycles. The van der Waals surface area contributed by atoms with Gasteiger partial charge in [0.1, 0.15) is 0 Å². The van der Waals surface area contributed by atoms with Crippen molar-refractivity contribution in [3.8, 4) is 0 Å². The number of cyclic esters (lactones) is 2. The summed E-state index contributed by atoms with van der Waals surface area (Å²) in [5, 5.41) is 0. The van der Waals surface area contributed by atoms with E-state index < -0.39 is 23.6 Å². The fourth-order valence-corrected chi connectivity index (χ4v) is 1.60. The molecule has 0 aliphatic carbocycles. The molecule has 1 aromatic rings. The van der Waals surface area contributed by atoms with Crippen molar-refractivity contribution in [2.24, 2.45) is 10.9 Å². The summed E-state index contributed by atoms with van der Waals surface area (Å²) in [4.78, 5) is 31.5. The molecule has 1 saturated heterocycles. The van der Waals surface area contributed by atoms with Gasteiger partial charge in [-0.15, -0.1) is 0 Å². The Kier molecular flexibility index (Phi) is 3.33. The molecule has 0 unspecified atom stereocenters. The van der Waals surface area contributed by atoms with Crippen LogP contribution in [0.3, 0.4) is 0 Å². The third kappa shape index (κ3) is 3.15. The van der Waals surface area contributed by atoms with Crippen molar-refractivity contribution in [1.82, 2.24) is 4.98 Å². The largest absolute Gasteiger partial charge is 0.422 e. The van der Waals surface area contributed by atoms with Crippen molar-refractivity contribution >= 4 is 24.0 Å². The monoisotopic (exact) mass is 262 g/mol. The molecule has 1 aliphatic rings. The predicted molar refractivity (Wildman–Crippen MR) is 66.9 cm³/mol. The third-order valence-corrected chi connectivity index (χ3v) is 2.43. The molecule has 2 heterocycles. The minimum absolute atomic E-state index is 0.422. The van der Waals surface area contributed by atoms with Gasteiger partial charge in [-0.05, 0) is 19.1 Å². The van der Waals surface area contributed by atoms with E-state index in [2.05, 4.69) is 9.98 Å². The van der Waals surface area contributed by atoms with E-state index in [1.54, 1.807) is 12.1 Å². The first-order chi connectivity index (χ1) is 8.87. The van der Waals surface area contributed by atoms with Crippen LogP contribution in [0.1, 0.15) is 19.5 Å². The number of aromatic nitrogens is 1. The van der Waals surface area contributed by atoms with Crippen molar-refractivity contribution in [3.05, 3.63) is 23.9 Å². The molecular weight excluding hydrogens is 248 g/mol. The Labute approximate surface area is 110 Å². The van der Waals surface area contributed by atoms with E-state index in [-0.39, 0.29) is 0 Å². The Morgan fingerprint density at radius 2 is 1.89 bits per heavy atom. The predicted octanol–water partition coefficient (Wildman–Crippen LogP) is 1.54. The second-order valence-corrected chi connectivity index (χ2v) is 4.64. The molecule has 0 amide bonds. The van der Waals surface area contributed by atoms with Gasteiger partial charge in [-0.25, -0.2) is 9.98 Å². The van der Waals surface area contributed by atoms with Crippen LogP contribution in [-0.2, 0) is 19.1 Å². The van der Waals surface area contributed by atoms with E-state index in [4.69, 9.17) is 9.47 Å². The Morgan fingerprint density at radius 3 is 2.47 bits per heavy atom. The first-order valence-corrected chi connectivity index (χ1v) is 5.81. The Bertz CT molecular complexity index is 531. The maximum absolute atomic E-state index is 11.7. The number of hydrogen-bond acceptors (Lipinski definition) is 6. The molecule has 0 spiro atoms. The van der Waals surface area contributed by atoms with E-state index in [1.165, 1.54) is 20.1 Å². The van der Waals surface area contributed by atoms with Gasteiger partial charge >= 0.3 is 11.9 Å².